The number of rotatable bonds is 1. The molecule has 18 heavy (non-hydrogen) atoms. The highest BCUT2D eigenvalue weighted by atomic mass is 16.5. The summed E-state index contributed by atoms with van der Waals surface area (Å²) in [6.07, 6.45) is 7.12. The van der Waals surface area contributed by atoms with Crippen LogP contribution in [0.3, 0.4) is 0 Å². The number of piperidine rings is 1. The van der Waals surface area contributed by atoms with Gasteiger partial charge in [-0.2, -0.15) is 4.98 Å². The van der Waals surface area contributed by atoms with Crippen LogP contribution in [0.5, 0.6) is 0 Å². The van der Waals surface area contributed by atoms with Gasteiger partial charge in [0.05, 0.1) is 6.20 Å². The van der Waals surface area contributed by atoms with E-state index in [9.17, 15) is 0 Å². The zero-order valence-electron chi connectivity index (χ0n) is 10.1. The van der Waals surface area contributed by atoms with Crippen LogP contribution in [-0.4, -0.2) is 28.2 Å². The summed E-state index contributed by atoms with van der Waals surface area (Å²) in [5.41, 5.74) is 7.28. The Hall–Kier alpha value is -1.85. The van der Waals surface area contributed by atoms with Crippen LogP contribution in [0.4, 0.5) is 11.6 Å². The summed E-state index contributed by atoms with van der Waals surface area (Å²) in [7, 11) is 0. The average molecular weight is 245 g/mol. The molecule has 0 bridgehead atoms. The first-order chi connectivity index (χ1) is 8.76. The maximum Gasteiger partial charge on any atom is 0.280 e. The maximum atomic E-state index is 5.63. The average Bonchev–Trinajstić information content (AvgIpc) is 3.06. The summed E-state index contributed by atoms with van der Waals surface area (Å²) in [4.78, 5) is 11.0. The molecule has 2 aromatic rings. The van der Waals surface area contributed by atoms with Gasteiger partial charge in [0.1, 0.15) is 0 Å². The summed E-state index contributed by atoms with van der Waals surface area (Å²) in [6.45, 7) is 2.12. The van der Waals surface area contributed by atoms with Gasteiger partial charge in [-0.05, 0) is 31.1 Å². The first kappa shape index (κ1) is 10.1. The largest absolute Gasteiger partial charge is 0.379 e. The van der Waals surface area contributed by atoms with E-state index >= 15 is 0 Å². The van der Waals surface area contributed by atoms with Crippen molar-refractivity contribution < 1.29 is 4.52 Å². The molecule has 0 amide bonds. The molecule has 2 N–H and O–H groups in total. The topological polar surface area (TPSA) is 81.1 Å². The van der Waals surface area contributed by atoms with Crippen LogP contribution >= 0.6 is 0 Å². The van der Waals surface area contributed by atoms with Crippen LogP contribution < -0.4 is 10.6 Å². The van der Waals surface area contributed by atoms with Crippen molar-refractivity contribution in [3.05, 3.63) is 6.20 Å². The van der Waals surface area contributed by atoms with Crippen molar-refractivity contribution in [2.75, 3.05) is 23.7 Å². The molecule has 94 valence electrons. The minimum atomic E-state index is 0.305. The zero-order chi connectivity index (χ0) is 12.2. The molecule has 1 saturated heterocycles. The SMILES string of the molecule is Nc1noc2nc(N3CCC4(CC3)CC4)cnc12. The molecule has 0 aromatic carbocycles. The Labute approximate surface area is 104 Å². The molecule has 0 radical (unpaired) electrons. The van der Waals surface area contributed by atoms with E-state index in [2.05, 4.69) is 20.0 Å². The van der Waals surface area contributed by atoms with E-state index in [1.54, 1.807) is 6.20 Å². The third-order valence-corrected chi connectivity index (χ3v) is 4.31. The van der Waals surface area contributed by atoms with Crippen LogP contribution in [0.2, 0.25) is 0 Å². The Kier molecular flexibility index (Phi) is 1.87. The monoisotopic (exact) mass is 245 g/mol. The Morgan fingerprint density at radius 2 is 2.00 bits per heavy atom. The van der Waals surface area contributed by atoms with Crippen LogP contribution in [0.25, 0.3) is 11.2 Å². The Morgan fingerprint density at radius 1 is 1.22 bits per heavy atom. The number of fused-ring (bicyclic) bond motifs is 1. The lowest BCUT2D eigenvalue weighted by atomic mass is 9.94. The zero-order valence-corrected chi connectivity index (χ0v) is 10.1. The minimum absolute atomic E-state index is 0.305. The van der Waals surface area contributed by atoms with Crippen molar-refractivity contribution in [3.8, 4) is 0 Å². The molecular formula is C12H15N5O. The quantitative estimate of drug-likeness (QED) is 0.821. The number of hydrogen-bond donors (Lipinski definition) is 1. The second kappa shape index (κ2) is 3.34. The minimum Gasteiger partial charge on any atom is -0.379 e. The van der Waals surface area contributed by atoms with Crippen molar-refractivity contribution in [1.82, 2.24) is 15.1 Å². The lowest BCUT2D eigenvalue weighted by Crippen LogP contribution is -2.35. The predicted molar refractivity (Wildman–Crippen MR) is 67.1 cm³/mol. The van der Waals surface area contributed by atoms with Crippen LogP contribution in [0.15, 0.2) is 10.7 Å². The highest BCUT2D eigenvalue weighted by molar-refractivity contribution is 5.80. The van der Waals surface area contributed by atoms with Gasteiger partial charge in [-0.15, -0.1) is 0 Å². The number of nitrogens with zero attached hydrogens (tertiary/aromatic N) is 4. The van der Waals surface area contributed by atoms with Gasteiger partial charge in [-0.3, -0.25) is 0 Å². The molecule has 4 rings (SSSR count). The van der Waals surface area contributed by atoms with Crippen molar-refractivity contribution in [2.45, 2.75) is 25.7 Å². The third kappa shape index (κ3) is 1.45. The molecule has 1 aliphatic heterocycles. The Bertz CT molecular complexity index is 594. The summed E-state index contributed by atoms with van der Waals surface area (Å²) in [5, 5.41) is 3.67. The number of aromatic nitrogens is 3. The van der Waals surface area contributed by atoms with E-state index in [4.69, 9.17) is 10.3 Å². The highest BCUT2D eigenvalue weighted by Gasteiger charge is 2.44. The number of nitrogen functional groups attached to an aromatic ring is 1. The summed E-state index contributed by atoms with van der Waals surface area (Å²) < 4.78 is 5.06. The van der Waals surface area contributed by atoms with Gasteiger partial charge < -0.3 is 15.2 Å². The standard InChI is InChI=1S/C12H15N5O/c13-10-9-11(18-16-10)15-8(7-14-9)17-5-3-12(1-2-12)4-6-17/h7H,1-6H2,(H2,13,16). The molecule has 2 aliphatic rings. The molecule has 2 aromatic heterocycles. The third-order valence-electron chi connectivity index (χ3n) is 4.31. The molecule has 1 saturated carbocycles. The van der Waals surface area contributed by atoms with E-state index < -0.39 is 0 Å². The molecule has 3 heterocycles. The van der Waals surface area contributed by atoms with Gasteiger partial charge in [0, 0.05) is 13.1 Å². The van der Waals surface area contributed by atoms with Gasteiger partial charge in [0.2, 0.25) is 0 Å². The number of nitrogens with two attached hydrogens (primary N) is 1. The molecule has 0 atom stereocenters. The maximum absolute atomic E-state index is 5.63. The van der Waals surface area contributed by atoms with E-state index in [0.29, 0.717) is 22.5 Å². The fraction of sp³-hybridized carbons (Fsp3) is 0.583. The van der Waals surface area contributed by atoms with Gasteiger partial charge in [0.15, 0.2) is 17.2 Å². The molecule has 6 heteroatoms. The smallest absolute Gasteiger partial charge is 0.280 e. The highest BCUT2D eigenvalue weighted by Crippen LogP contribution is 2.53. The van der Waals surface area contributed by atoms with E-state index in [1.165, 1.54) is 25.7 Å². The van der Waals surface area contributed by atoms with Crippen molar-refractivity contribution in [3.63, 3.8) is 0 Å². The summed E-state index contributed by atoms with van der Waals surface area (Å²) in [6, 6.07) is 0. The van der Waals surface area contributed by atoms with Crippen molar-refractivity contribution in [1.29, 1.82) is 0 Å². The number of anilines is 2. The summed E-state index contributed by atoms with van der Waals surface area (Å²) in [5.74, 6) is 1.17. The normalized spacial score (nSPS) is 21.7. The van der Waals surface area contributed by atoms with Crippen LogP contribution in [0.1, 0.15) is 25.7 Å². The predicted octanol–water partition coefficient (Wildman–Crippen LogP) is 1.58. The molecule has 1 spiro atoms. The van der Waals surface area contributed by atoms with Gasteiger partial charge >= 0.3 is 0 Å². The lowest BCUT2D eigenvalue weighted by Gasteiger charge is -2.32. The Morgan fingerprint density at radius 3 is 2.72 bits per heavy atom. The molecular weight excluding hydrogens is 230 g/mol. The van der Waals surface area contributed by atoms with Gasteiger partial charge in [0.25, 0.3) is 5.71 Å². The van der Waals surface area contributed by atoms with Crippen LogP contribution in [-0.2, 0) is 0 Å². The van der Waals surface area contributed by atoms with E-state index in [0.717, 1.165) is 18.9 Å². The fourth-order valence-electron chi connectivity index (χ4n) is 2.78. The first-order valence-electron chi connectivity index (χ1n) is 6.39. The van der Waals surface area contributed by atoms with Crippen molar-refractivity contribution >= 4 is 22.9 Å². The Balaban J connectivity index is 1.62. The molecule has 1 aliphatic carbocycles. The van der Waals surface area contributed by atoms with E-state index in [1.807, 2.05) is 0 Å². The lowest BCUT2D eigenvalue weighted by molar-refractivity contribution is 0.382. The first-order valence-corrected chi connectivity index (χ1v) is 6.39. The van der Waals surface area contributed by atoms with Gasteiger partial charge in [-0.1, -0.05) is 5.16 Å². The summed E-state index contributed by atoms with van der Waals surface area (Å²) >= 11 is 0. The van der Waals surface area contributed by atoms with Crippen molar-refractivity contribution in [2.24, 2.45) is 5.41 Å². The molecule has 2 fully saturated rings. The number of hydrogen-bond acceptors (Lipinski definition) is 6. The second-order valence-electron chi connectivity index (χ2n) is 5.44. The fourth-order valence-corrected chi connectivity index (χ4v) is 2.78. The second-order valence-corrected chi connectivity index (χ2v) is 5.44. The van der Waals surface area contributed by atoms with Crippen LogP contribution in [0, 0.1) is 5.41 Å². The molecule has 6 nitrogen and oxygen atoms in total. The van der Waals surface area contributed by atoms with Gasteiger partial charge in [-0.25, -0.2) is 4.98 Å². The van der Waals surface area contributed by atoms with E-state index in [-0.39, 0.29) is 0 Å². The molecule has 0 unspecified atom stereocenters.